The Labute approximate surface area is 216 Å². The molecule has 3 aromatic rings. The lowest BCUT2D eigenvalue weighted by Crippen LogP contribution is -2.47. The molecule has 1 saturated heterocycles. The van der Waals surface area contributed by atoms with Crippen LogP contribution < -0.4 is 16.6 Å². The van der Waals surface area contributed by atoms with E-state index in [-0.39, 0.29) is 31.3 Å². The number of nitrogens with zero attached hydrogens (tertiary/aromatic N) is 3. The molecule has 4 rings (SSSR count). The lowest BCUT2D eigenvalue weighted by molar-refractivity contribution is -0.134. The van der Waals surface area contributed by atoms with Crippen LogP contribution in [-0.2, 0) is 29.2 Å². The van der Waals surface area contributed by atoms with E-state index >= 15 is 0 Å². The standard InChI is InChI=1S/C29H36N4O4/c1-20-10-12-23(13-11-20)16-30-26(34)9-6-14-32-28(36)24-7-4-5-8-25(24)33(29(32)37)19-27(35)31-17-21(2)15-22(3)18-31/h4-5,7-8,10-13,21-22H,6,9,14-19H2,1-3H3,(H,30,34). The van der Waals surface area contributed by atoms with E-state index < -0.39 is 11.2 Å². The first-order chi connectivity index (χ1) is 17.7. The summed E-state index contributed by atoms with van der Waals surface area (Å²) in [5, 5.41) is 3.27. The number of para-hydroxylation sites is 1. The molecule has 37 heavy (non-hydrogen) atoms. The Balaban J connectivity index is 1.48. The van der Waals surface area contributed by atoms with E-state index in [0.717, 1.165) is 22.1 Å². The molecular weight excluding hydrogens is 468 g/mol. The van der Waals surface area contributed by atoms with Crippen molar-refractivity contribution in [1.29, 1.82) is 0 Å². The summed E-state index contributed by atoms with van der Waals surface area (Å²) in [6.45, 7) is 8.04. The third-order valence-corrected chi connectivity index (χ3v) is 7.04. The van der Waals surface area contributed by atoms with Crippen LogP contribution in [0.2, 0.25) is 0 Å². The van der Waals surface area contributed by atoms with Gasteiger partial charge in [0.15, 0.2) is 0 Å². The largest absolute Gasteiger partial charge is 0.352 e. The number of hydrogen-bond acceptors (Lipinski definition) is 4. The smallest absolute Gasteiger partial charge is 0.331 e. The van der Waals surface area contributed by atoms with E-state index in [1.54, 1.807) is 24.3 Å². The second-order valence-corrected chi connectivity index (χ2v) is 10.5. The Bertz CT molecular complexity index is 1380. The third-order valence-electron chi connectivity index (χ3n) is 7.04. The fourth-order valence-electron chi connectivity index (χ4n) is 5.22. The Kier molecular flexibility index (Phi) is 8.26. The maximum atomic E-state index is 13.4. The molecule has 2 amide bonds. The van der Waals surface area contributed by atoms with Gasteiger partial charge >= 0.3 is 5.69 Å². The fourth-order valence-corrected chi connectivity index (χ4v) is 5.22. The zero-order valence-electron chi connectivity index (χ0n) is 21.9. The van der Waals surface area contributed by atoms with Gasteiger partial charge in [0.25, 0.3) is 5.56 Å². The first-order valence-corrected chi connectivity index (χ1v) is 13.1. The van der Waals surface area contributed by atoms with Gasteiger partial charge in [-0.05, 0) is 49.3 Å². The first-order valence-electron chi connectivity index (χ1n) is 13.1. The second kappa shape index (κ2) is 11.6. The molecule has 1 fully saturated rings. The Morgan fingerprint density at radius 2 is 1.62 bits per heavy atom. The van der Waals surface area contributed by atoms with Crippen molar-refractivity contribution < 1.29 is 9.59 Å². The van der Waals surface area contributed by atoms with E-state index in [1.165, 1.54) is 4.57 Å². The molecule has 196 valence electrons. The molecule has 2 unspecified atom stereocenters. The number of benzene rings is 2. The number of nitrogens with one attached hydrogen (secondary N) is 1. The van der Waals surface area contributed by atoms with Crippen LogP contribution in [0, 0.1) is 18.8 Å². The number of aryl methyl sites for hydroxylation is 1. The van der Waals surface area contributed by atoms with Crippen LogP contribution in [-0.4, -0.2) is 38.9 Å². The molecular formula is C29H36N4O4. The van der Waals surface area contributed by atoms with Gasteiger partial charge in [-0.15, -0.1) is 0 Å². The molecule has 0 aliphatic carbocycles. The predicted molar refractivity (Wildman–Crippen MR) is 144 cm³/mol. The number of rotatable bonds is 8. The number of likely N-dealkylation sites (tertiary alicyclic amines) is 1. The summed E-state index contributed by atoms with van der Waals surface area (Å²) in [6.07, 6.45) is 1.60. The number of amides is 2. The monoisotopic (exact) mass is 504 g/mol. The van der Waals surface area contributed by atoms with Crippen molar-refractivity contribution in [3.8, 4) is 0 Å². The van der Waals surface area contributed by atoms with E-state index in [2.05, 4.69) is 19.2 Å². The molecule has 0 saturated carbocycles. The van der Waals surface area contributed by atoms with Crippen molar-refractivity contribution in [1.82, 2.24) is 19.4 Å². The summed E-state index contributed by atoms with van der Waals surface area (Å²) in [7, 11) is 0. The van der Waals surface area contributed by atoms with Gasteiger partial charge in [0, 0.05) is 32.6 Å². The highest BCUT2D eigenvalue weighted by Crippen LogP contribution is 2.21. The number of carbonyl (C=O) groups is 2. The van der Waals surface area contributed by atoms with Gasteiger partial charge in [0.05, 0.1) is 10.9 Å². The average Bonchev–Trinajstić information content (AvgIpc) is 2.87. The lowest BCUT2D eigenvalue weighted by Gasteiger charge is -2.35. The van der Waals surface area contributed by atoms with Crippen molar-refractivity contribution in [3.63, 3.8) is 0 Å². The molecule has 0 spiro atoms. The molecule has 0 bridgehead atoms. The topological polar surface area (TPSA) is 93.4 Å². The number of hydrogen-bond donors (Lipinski definition) is 1. The SMILES string of the molecule is Cc1ccc(CNC(=O)CCCn2c(=O)c3ccccc3n(CC(=O)N3CC(C)CC(C)C3)c2=O)cc1. The maximum Gasteiger partial charge on any atom is 0.331 e. The Morgan fingerprint density at radius 3 is 2.32 bits per heavy atom. The van der Waals surface area contributed by atoms with Crippen molar-refractivity contribution in [2.75, 3.05) is 13.1 Å². The summed E-state index contributed by atoms with van der Waals surface area (Å²) < 4.78 is 2.56. The zero-order valence-corrected chi connectivity index (χ0v) is 21.9. The van der Waals surface area contributed by atoms with Crippen LogP contribution in [0.1, 0.15) is 44.2 Å². The number of fused-ring (bicyclic) bond motifs is 1. The summed E-state index contributed by atoms with van der Waals surface area (Å²) in [4.78, 5) is 53.9. The molecule has 8 nitrogen and oxygen atoms in total. The minimum absolute atomic E-state index is 0.104. The van der Waals surface area contributed by atoms with Gasteiger partial charge in [-0.25, -0.2) is 4.79 Å². The van der Waals surface area contributed by atoms with Crippen LogP contribution >= 0.6 is 0 Å². The zero-order chi connectivity index (χ0) is 26.5. The number of carbonyl (C=O) groups excluding carboxylic acids is 2. The van der Waals surface area contributed by atoms with Gasteiger partial charge in [-0.3, -0.25) is 23.5 Å². The second-order valence-electron chi connectivity index (χ2n) is 10.5. The van der Waals surface area contributed by atoms with Crippen LogP contribution in [0.5, 0.6) is 0 Å². The molecule has 0 radical (unpaired) electrons. The van der Waals surface area contributed by atoms with Crippen LogP contribution in [0.25, 0.3) is 10.9 Å². The van der Waals surface area contributed by atoms with Crippen molar-refractivity contribution >= 4 is 22.7 Å². The van der Waals surface area contributed by atoms with E-state index in [1.807, 2.05) is 36.1 Å². The Morgan fingerprint density at radius 1 is 0.946 bits per heavy atom. The van der Waals surface area contributed by atoms with Crippen LogP contribution in [0.4, 0.5) is 0 Å². The molecule has 1 aliphatic heterocycles. The van der Waals surface area contributed by atoms with Gasteiger partial charge in [0.2, 0.25) is 11.8 Å². The summed E-state index contributed by atoms with van der Waals surface area (Å²) >= 11 is 0. The Hall–Kier alpha value is -3.68. The normalized spacial score (nSPS) is 17.6. The minimum atomic E-state index is -0.518. The van der Waals surface area contributed by atoms with Gasteiger partial charge in [-0.1, -0.05) is 55.8 Å². The van der Waals surface area contributed by atoms with E-state index in [4.69, 9.17) is 0 Å². The first kappa shape index (κ1) is 26.4. The van der Waals surface area contributed by atoms with Gasteiger partial charge in [-0.2, -0.15) is 0 Å². The van der Waals surface area contributed by atoms with Crippen LogP contribution in [0.3, 0.4) is 0 Å². The molecule has 2 atom stereocenters. The van der Waals surface area contributed by atoms with Gasteiger partial charge in [0.1, 0.15) is 6.54 Å². The van der Waals surface area contributed by atoms with E-state index in [0.29, 0.717) is 48.8 Å². The quantitative estimate of drug-likeness (QED) is 0.510. The van der Waals surface area contributed by atoms with Gasteiger partial charge < -0.3 is 10.2 Å². The molecule has 8 heteroatoms. The van der Waals surface area contributed by atoms with Crippen molar-refractivity contribution in [2.24, 2.45) is 11.8 Å². The highest BCUT2D eigenvalue weighted by molar-refractivity contribution is 5.81. The lowest BCUT2D eigenvalue weighted by atomic mass is 9.92. The minimum Gasteiger partial charge on any atom is -0.352 e. The maximum absolute atomic E-state index is 13.4. The van der Waals surface area contributed by atoms with Crippen molar-refractivity contribution in [2.45, 2.75) is 59.7 Å². The summed E-state index contributed by atoms with van der Waals surface area (Å²) in [5.74, 6) is 0.559. The molecule has 1 aromatic heterocycles. The molecule has 2 heterocycles. The number of aromatic nitrogens is 2. The highest BCUT2D eigenvalue weighted by Gasteiger charge is 2.26. The third kappa shape index (κ3) is 6.37. The molecule has 1 N–H and O–H groups in total. The van der Waals surface area contributed by atoms with E-state index in [9.17, 15) is 19.2 Å². The van der Waals surface area contributed by atoms with Crippen LogP contribution in [0.15, 0.2) is 58.1 Å². The molecule has 1 aliphatic rings. The summed E-state index contributed by atoms with van der Waals surface area (Å²) in [6, 6.07) is 14.8. The fraction of sp³-hybridized carbons (Fsp3) is 0.448. The predicted octanol–water partition coefficient (Wildman–Crippen LogP) is 3.07. The summed E-state index contributed by atoms with van der Waals surface area (Å²) in [5.41, 5.74) is 1.70. The average molecular weight is 505 g/mol. The molecule has 2 aromatic carbocycles. The van der Waals surface area contributed by atoms with Crippen molar-refractivity contribution in [3.05, 3.63) is 80.5 Å². The number of piperidine rings is 1. The highest BCUT2D eigenvalue weighted by atomic mass is 16.2.